The summed E-state index contributed by atoms with van der Waals surface area (Å²) in [7, 11) is 0. The minimum absolute atomic E-state index is 0.0281. The summed E-state index contributed by atoms with van der Waals surface area (Å²) in [5.41, 5.74) is 0.497. The molecule has 18 heteroatoms. The minimum Gasteiger partial charge on any atom is -0.494 e. The van der Waals surface area contributed by atoms with Gasteiger partial charge >= 0.3 is 41.8 Å². The van der Waals surface area contributed by atoms with Crippen molar-refractivity contribution in [2.24, 2.45) is 0 Å². The smallest absolute Gasteiger partial charge is 0.345 e. The van der Waals surface area contributed by atoms with Gasteiger partial charge in [-0.05, 0) is 167 Å². The van der Waals surface area contributed by atoms with Crippen molar-refractivity contribution in [1.29, 1.82) is 0 Å². The second-order valence-electron chi connectivity index (χ2n) is 22.1. The third kappa shape index (κ3) is 31.6. The largest absolute Gasteiger partial charge is 0.494 e. The topological polar surface area (TPSA) is 221 Å². The molecule has 5 aromatic rings. The Morgan fingerprint density at radius 3 is 0.946 bits per heavy atom. The molecule has 1 unspecified atom stereocenters. The Kier molecular flexibility index (Phi) is 36.2. The van der Waals surface area contributed by atoms with Gasteiger partial charge in [0.25, 0.3) is 0 Å². The number of benzene rings is 5. The third-order valence-electron chi connectivity index (χ3n) is 14.6. The van der Waals surface area contributed by atoms with Crippen molar-refractivity contribution in [2.45, 2.75) is 167 Å². The molecule has 0 aliphatic rings. The molecule has 1 atom stereocenters. The van der Waals surface area contributed by atoms with E-state index in [0.717, 1.165) is 128 Å². The lowest BCUT2D eigenvalue weighted by molar-refractivity contribution is -0.138. The molecule has 0 radical (unpaired) electrons. The van der Waals surface area contributed by atoms with E-state index in [1.165, 1.54) is 93.6 Å². The average Bonchev–Trinajstić information content (AvgIpc) is 0.955. The highest BCUT2D eigenvalue weighted by molar-refractivity contribution is 5.97. The quantitative estimate of drug-likeness (QED) is 0.00882. The highest BCUT2D eigenvalue weighted by Crippen LogP contribution is 2.29. The van der Waals surface area contributed by atoms with Crippen LogP contribution in [-0.2, 0) is 33.3 Å². The molecule has 500 valence electrons. The van der Waals surface area contributed by atoms with Crippen molar-refractivity contribution in [3.05, 3.63) is 175 Å². The summed E-state index contributed by atoms with van der Waals surface area (Å²) < 4.78 is 61.5. The van der Waals surface area contributed by atoms with Crippen LogP contribution in [0.25, 0.3) is 0 Å². The lowest BCUT2D eigenvalue weighted by Crippen LogP contribution is -2.22. The van der Waals surface area contributed by atoms with Gasteiger partial charge in [-0.3, -0.25) is 0 Å². The summed E-state index contributed by atoms with van der Waals surface area (Å²) in [6, 6.07) is 29.8. The van der Waals surface area contributed by atoms with Crippen molar-refractivity contribution in [1.82, 2.24) is 0 Å². The zero-order valence-electron chi connectivity index (χ0n) is 54.0. The number of esters is 7. The van der Waals surface area contributed by atoms with Crippen LogP contribution in [0.4, 0.5) is 0 Å². The lowest BCUT2D eigenvalue weighted by atomic mass is 10.1. The van der Waals surface area contributed by atoms with Crippen molar-refractivity contribution in [2.75, 3.05) is 39.6 Å². The number of ether oxygens (including phenoxy) is 11. The summed E-state index contributed by atoms with van der Waals surface area (Å²) in [4.78, 5) is 87.6. The maximum absolute atomic E-state index is 14.0. The van der Waals surface area contributed by atoms with Crippen LogP contribution in [0.1, 0.15) is 202 Å². The summed E-state index contributed by atoms with van der Waals surface area (Å²) in [6.45, 7) is 14.5. The number of unbranched alkanes of at least 4 members (excludes halogenated alkanes) is 21. The van der Waals surface area contributed by atoms with Crippen molar-refractivity contribution >= 4 is 41.8 Å². The molecule has 0 aliphatic heterocycles. The highest BCUT2D eigenvalue weighted by Gasteiger charge is 2.23. The van der Waals surface area contributed by atoms with Crippen LogP contribution in [0.15, 0.2) is 153 Å². The fraction of sp³-hybridized carbons (Fsp3) is 0.427. The van der Waals surface area contributed by atoms with E-state index in [0.29, 0.717) is 62.5 Å². The predicted molar refractivity (Wildman–Crippen MR) is 353 cm³/mol. The van der Waals surface area contributed by atoms with E-state index in [2.05, 4.69) is 19.7 Å². The van der Waals surface area contributed by atoms with Gasteiger partial charge in [0.1, 0.15) is 45.8 Å². The number of rotatable bonds is 49. The Bertz CT molecular complexity index is 3060. The van der Waals surface area contributed by atoms with Crippen LogP contribution in [0.3, 0.4) is 0 Å². The fourth-order valence-corrected chi connectivity index (χ4v) is 9.45. The first kappa shape index (κ1) is 74.5. The second-order valence-corrected chi connectivity index (χ2v) is 22.1. The Morgan fingerprint density at radius 2 is 0.602 bits per heavy atom. The molecule has 0 saturated heterocycles. The zero-order valence-corrected chi connectivity index (χ0v) is 54.0. The van der Waals surface area contributed by atoms with E-state index in [1.807, 2.05) is 0 Å². The molecule has 0 aliphatic carbocycles. The first-order valence-electron chi connectivity index (χ1n) is 32.7. The molecule has 18 nitrogen and oxygen atoms in total. The monoisotopic (exact) mass is 1280 g/mol. The van der Waals surface area contributed by atoms with Gasteiger partial charge in [0.15, 0.2) is 0 Å². The van der Waals surface area contributed by atoms with Crippen LogP contribution in [0, 0.1) is 0 Å². The van der Waals surface area contributed by atoms with Crippen molar-refractivity contribution in [3.8, 4) is 40.2 Å². The Labute approximate surface area is 547 Å². The molecule has 0 spiro atoms. The van der Waals surface area contributed by atoms with Gasteiger partial charge in [0.2, 0.25) is 6.29 Å². The Hall–Kier alpha value is -9.19. The molecule has 5 aromatic carbocycles. The molecule has 0 heterocycles. The summed E-state index contributed by atoms with van der Waals surface area (Å²) in [5, 5.41) is 0. The number of carbonyl (C=O) groups excluding carboxylic acids is 7. The Balaban J connectivity index is 1.10. The van der Waals surface area contributed by atoms with E-state index in [1.54, 1.807) is 72.8 Å². The van der Waals surface area contributed by atoms with Gasteiger partial charge in [-0.2, -0.15) is 0 Å². The van der Waals surface area contributed by atoms with Gasteiger partial charge in [0.05, 0.1) is 56.3 Å². The van der Waals surface area contributed by atoms with E-state index in [-0.39, 0.29) is 51.6 Å². The molecule has 0 aromatic heterocycles. The SMILES string of the molecule is C=CC(=O)OCCCCCCCCCCCCOc1ccc(C(=O)Oc2ccc(OC(=O)c3ccc(OCCCCCCCCCCCCOC(=O)C=C)cc3)c(C(=O)OC(C)Oc3ccc(OC(=O)c4ccc(OCCCCCCOC(=O)C=C)cc4)cc3)c2)cc1. The lowest BCUT2D eigenvalue weighted by Gasteiger charge is -2.17. The molecule has 0 N–H and O–H groups in total. The van der Waals surface area contributed by atoms with E-state index in [4.69, 9.17) is 52.1 Å². The standard InChI is InChI=1S/C75H92O18/c1-5-69(76)86-53-29-22-18-14-10-8-12-16-20-26-50-83-62-40-34-59(35-41-62)73(80)92-66-48-49-68(93-74(81)60-36-42-63(43-37-60)84-51-27-21-17-13-9-11-15-19-23-30-54-87-70(77)6-2)67(56-66)75(82)90-57(4)89-64-44-46-65(47-45-64)91-72(79)58-32-38-61(39-33-58)85-52-28-24-25-31-55-88-71(78)7-3/h5-7,32-49,56-57H,1-3,8-31,50-55H2,4H3. The van der Waals surface area contributed by atoms with Crippen LogP contribution >= 0.6 is 0 Å². The van der Waals surface area contributed by atoms with Crippen LogP contribution in [-0.4, -0.2) is 87.7 Å². The van der Waals surface area contributed by atoms with Gasteiger partial charge in [-0.25, -0.2) is 33.6 Å². The molecule has 0 fully saturated rings. The highest BCUT2D eigenvalue weighted by atomic mass is 16.7. The van der Waals surface area contributed by atoms with Crippen molar-refractivity contribution in [3.63, 3.8) is 0 Å². The summed E-state index contributed by atoms with van der Waals surface area (Å²) >= 11 is 0. The molecule has 0 amide bonds. The minimum atomic E-state index is -1.19. The second kappa shape index (κ2) is 45.1. The fourth-order valence-electron chi connectivity index (χ4n) is 9.45. The number of hydrogen-bond acceptors (Lipinski definition) is 18. The van der Waals surface area contributed by atoms with Crippen molar-refractivity contribution < 1.29 is 85.7 Å². The molecular formula is C75H92O18. The van der Waals surface area contributed by atoms with E-state index < -0.39 is 36.1 Å². The molecule has 0 bridgehead atoms. The molecule has 93 heavy (non-hydrogen) atoms. The van der Waals surface area contributed by atoms with E-state index in [9.17, 15) is 33.6 Å². The van der Waals surface area contributed by atoms with Gasteiger partial charge in [-0.15, -0.1) is 0 Å². The first-order valence-corrected chi connectivity index (χ1v) is 32.7. The molecular weight excluding hydrogens is 1190 g/mol. The van der Waals surface area contributed by atoms with Crippen LogP contribution in [0.5, 0.6) is 40.2 Å². The first-order chi connectivity index (χ1) is 45.3. The number of carbonyl (C=O) groups is 7. The third-order valence-corrected chi connectivity index (χ3v) is 14.6. The maximum atomic E-state index is 14.0. The Morgan fingerprint density at radius 1 is 0.323 bits per heavy atom. The number of hydrogen-bond donors (Lipinski definition) is 0. The van der Waals surface area contributed by atoms with Gasteiger partial charge in [0, 0.05) is 25.2 Å². The summed E-state index contributed by atoms with van der Waals surface area (Å²) in [6.07, 6.45) is 27.2. The van der Waals surface area contributed by atoms with Crippen LogP contribution in [0.2, 0.25) is 0 Å². The molecule has 0 saturated carbocycles. The summed E-state index contributed by atoms with van der Waals surface area (Å²) in [5.74, 6) is -2.09. The maximum Gasteiger partial charge on any atom is 0.345 e. The average molecular weight is 1280 g/mol. The van der Waals surface area contributed by atoms with Crippen LogP contribution < -0.4 is 33.2 Å². The van der Waals surface area contributed by atoms with Gasteiger partial charge < -0.3 is 52.1 Å². The predicted octanol–water partition coefficient (Wildman–Crippen LogP) is 16.6. The van der Waals surface area contributed by atoms with Gasteiger partial charge in [-0.1, -0.05) is 122 Å². The molecule has 5 rings (SSSR count). The zero-order chi connectivity index (χ0) is 66.5. The van der Waals surface area contributed by atoms with E-state index >= 15 is 0 Å². The normalized spacial score (nSPS) is 11.0.